The highest BCUT2D eigenvalue weighted by atomic mass is 16.5. The largest absolute Gasteiger partial charge is 0.508 e. The molecule has 2 atom stereocenters. The van der Waals surface area contributed by atoms with E-state index in [1.165, 1.54) is 0 Å². The van der Waals surface area contributed by atoms with Gasteiger partial charge in [0.25, 0.3) is 5.91 Å². The molecule has 0 spiro atoms. The summed E-state index contributed by atoms with van der Waals surface area (Å²) in [6.07, 6.45) is -0.787. The van der Waals surface area contributed by atoms with Gasteiger partial charge < -0.3 is 20.1 Å². The monoisotopic (exact) mass is 368 g/mol. The van der Waals surface area contributed by atoms with Gasteiger partial charge in [-0.3, -0.25) is 9.59 Å². The maximum atomic E-state index is 12.9. The molecule has 3 rings (SSSR count). The van der Waals surface area contributed by atoms with Crippen LogP contribution in [0.25, 0.3) is 0 Å². The fourth-order valence-electron chi connectivity index (χ4n) is 3.35. The van der Waals surface area contributed by atoms with Crippen LogP contribution in [-0.4, -0.2) is 40.6 Å². The van der Waals surface area contributed by atoms with E-state index in [-0.39, 0.29) is 30.2 Å². The molecule has 2 aromatic rings. The number of carbonyl (C=O) groups is 2. The topological polar surface area (TPSA) is 78.9 Å². The molecule has 1 aliphatic rings. The summed E-state index contributed by atoms with van der Waals surface area (Å²) in [5.41, 5.74) is 1.73. The van der Waals surface area contributed by atoms with Crippen molar-refractivity contribution in [1.29, 1.82) is 0 Å². The molecule has 0 radical (unpaired) electrons. The molecule has 6 heteroatoms. The molecule has 0 saturated carbocycles. The minimum atomic E-state index is -0.787. The highest BCUT2D eigenvalue weighted by molar-refractivity contribution is 5.86. The molecule has 1 fully saturated rings. The van der Waals surface area contributed by atoms with E-state index in [1.54, 1.807) is 29.2 Å². The lowest BCUT2D eigenvalue weighted by molar-refractivity contribution is -0.167. The Morgan fingerprint density at radius 3 is 2.48 bits per heavy atom. The van der Waals surface area contributed by atoms with Crippen LogP contribution >= 0.6 is 0 Å². The molecule has 2 amide bonds. The third-order valence-electron chi connectivity index (χ3n) is 4.62. The van der Waals surface area contributed by atoms with Gasteiger partial charge in [0.2, 0.25) is 5.91 Å². The van der Waals surface area contributed by atoms with Crippen molar-refractivity contribution in [2.75, 3.05) is 6.61 Å². The highest BCUT2D eigenvalue weighted by Crippen LogP contribution is 2.32. The molecule has 1 aliphatic heterocycles. The minimum absolute atomic E-state index is 0.0565. The van der Waals surface area contributed by atoms with E-state index in [0.29, 0.717) is 6.54 Å². The molecule has 1 heterocycles. The Morgan fingerprint density at radius 1 is 1.19 bits per heavy atom. The number of phenols is 1. The van der Waals surface area contributed by atoms with Crippen LogP contribution in [0.5, 0.6) is 5.75 Å². The second-order valence-corrected chi connectivity index (χ2v) is 6.87. The summed E-state index contributed by atoms with van der Waals surface area (Å²) in [7, 11) is 0. The average Bonchev–Trinajstić information content (AvgIpc) is 2.67. The predicted octanol–water partition coefficient (Wildman–Crippen LogP) is 2.39. The van der Waals surface area contributed by atoms with Crippen molar-refractivity contribution >= 4 is 11.8 Å². The summed E-state index contributed by atoms with van der Waals surface area (Å²) >= 11 is 0. The van der Waals surface area contributed by atoms with E-state index in [1.807, 2.05) is 44.2 Å². The van der Waals surface area contributed by atoms with Gasteiger partial charge >= 0.3 is 0 Å². The molecule has 1 saturated heterocycles. The van der Waals surface area contributed by atoms with Gasteiger partial charge in [0.1, 0.15) is 12.4 Å². The molecule has 0 aromatic heterocycles. The molecule has 0 unspecified atom stereocenters. The first-order valence-electron chi connectivity index (χ1n) is 9.00. The summed E-state index contributed by atoms with van der Waals surface area (Å²) in [4.78, 5) is 27.0. The second-order valence-electron chi connectivity index (χ2n) is 6.87. The molecular formula is C21H24N2O4. The number of amides is 2. The zero-order chi connectivity index (χ0) is 19.4. The van der Waals surface area contributed by atoms with E-state index in [9.17, 15) is 14.7 Å². The molecule has 0 bridgehead atoms. The maximum Gasteiger partial charge on any atom is 0.251 e. The molecular weight excluding hydrogens is 344 g/mol. The molecule has 2 aromatic carbocycles. The number of ether oxygens (including phenoxy) is 1. The van der Waals surface area contributed by atoms with Gasteiger partial charge in [-0.2, -0.15) is 0 Å². The summed E-state index contributed by atoms with van der Waals surface area (Å²) in [5, 5.41) is 12.2. The zero-order valence-electron chi connectivity index (χ0n) is 15.5. The summed E-state index contributed by atoms with van der Waals surface area (Å²) in [5.74, 6) is -0.215. The number of nitrogens with zero attached hydrogens (tertiary/aromatic N) is 1. The summed E-state index contributed by atoms with van der Waals surface area (Å²) in [6.45, 7) is 4.07. The standard InChI is InChI=1S/C21H24N2O4/c1-14(2)23-18(25)13-27-20(19(23)16-6-4-3-5-7-16)21(26)22-12-15-8-10-17(24)11-9-15/h3-11,14,19-20,24H,12-13H2,1-2H3,(H,22,26)/t19-,20+/m1/s1. The fourth-order valence-corrected chi connectivity index (χ4v) is 3.35. The molecule has 27 heavy (non-hydrogen) atoms. The maximum absolute atomic E-state index is 12.9. The van der Waals surface area contributed by atoms with Crippen molar-refractivity contribution in [1.82, 2.24) is 10.2 Å². The van der Waals surface area contributed by atoms with E-state index in [2.05, 4.69) is 5.32 Å². The van der Waals surface area contributed by atoms with E-state index >= 15 is 0 Å². The fraction of sp³-hybridized carbons (Fsp3) is 0.333. The minimum Gasteiger partial charge on any atom is -0.508 e. The number of aromatic hydroxyl groups is 1. The number of benzene rings is 2. The third-order valence-corrected chi connectivity index (χ3v) is 4.62. The second kappa shape index (κ2) is 8.22. The first-order chi connectivity index (χ1) is 13.0. The Kier molecular flexibility index (Phi) is 5.76. The molecule has 142 valence electrons. The van der Waals surface area contributed by atoms with Crippen molar-refractivity contribution in [3.8, 4) is 5.75 Å². The van der Waals surface area contributed by atoms with Gasteiger partial charge in [-0.15, -0.1) is 0 Å². The van der Waals surface area contributed by atoms with Crippen LogP contribution in [0.1, 0.15) is 31.0 Å². The van der Waals surface area contributed by atoms with Crippen LogP contribution in [0.4, 0.5) is 0 Å². The van der Waals surface area contributed by atoms with E-state index in [4.69, 9.17) is 4.74 Å². The first kappa shape index (κ1) is 18.9. The molecule has 0 aliphatic carbocycles. The summed E-state index contributed by atoms with van der Waals surface area (Å²) in [6, 6.07) is 15.6. The van der Waals surface area contributed by atoms with Gasteiger partial charge in [0.15, 0.2) is 6.10 Å². The quantitative estimate of drug-likeness (QED) is 0.849. The Morgan fingerprint density at radius 2 is 1.85 bits per heavy atom. The smallest absolute Gasteiger partial charge is 0.251 e. The van der Waals surface area contributed by atoms with Crippen LogP contribution in [0.15, 0.2) is 54.6 Å². The van der Waals surface area contributed by atoms with Crippen LogP contribution in [0.3, 0.4) is 0 Å². The number of morpholine rings is 1. The van der Waals surface area contributed by atoms with Gasteiger partial charge in [-0.25, -0.2) is 0 Å². The number of nitrogens with one attached hydrogen (secondary N) is 1. The van der Waals surface area contributed by atoms with Gasteiger partial charge in [-0.05, 0) is 37.1 Å². The lowest BCUT2D eigenvalue weighted by atomic mass is 9.95. The Balaban J connectivity index is 1.81. The number of carbonyl (C=O) groups excluding carboxylic acids is 2. The zero-order valence-corrected chi connectivity index (χ0v) is 15.5. The van der Waals surface area contributed by atoms with E-state index < -0.39 is 12.1 Å². The first-order valence-corrected chi connectivity index (χ1v) is 9.00. The van der Waals surface area contributed by atoms with Crippen LogP contribution < -0.4 is 5.32 Å². The van der Waals surface area contributed by atoms with Crippen molar-refractivity contribution in [3.63, 3.8) is 0 Å². The van der Waals surface area contributed by atoms with E-state index in [0.717, 1.165) is 11.1 Å². The highest BCUT2D eigenvalue weighted by Gasteiger charge is 2.42. The Bertz CT molecular complexity index is 790. The third kappa shape index (κ3) is 4.28. The average molecular weight is 368 g/mol. The normalized spacial score (nSPS) is 20.0. The van der Waals surface area contributed by atoms with Crippen LogP contribution in [0, 0.1) is 0 Å². The van der Waals surface area contributed by atoms with Gasteiger partial charge in [0.05, 0.1) is 6.04 Å². The number of hydrogen-bond donors (Lipinski definition) is 2. The molecule has 6 nitrogen and oxygen atoms in total. The van der Waals surface area contributed by atoms with Gasteiger partial charge in [-0.1, -0.05) is 42.5 Å². The van der Waals surface area contributed by atoms with Crippen molar-refractivity contribution in [2.24, 2.45) is 0 Å². The lowest BCUT2D eigenvalue weighted by Crippen LogP contribution is -2.56. The SMILES string of the molecule is CC(C)N1C(=O)CO[C@H](C(=O)NCc2ccc(O)cc2)[C@H]1c1ccccc1. The Labute approximate surface area is 158 Å². The van der Waals surface area contributed by atoms with Crippen molar-refractivity contribution in [2.45, 2.75) is 38.6 Å². The van der Waals surface area contributed by atoms with Crippen molar-refractivity contribution < 1.29 is 19.4 Å². The van der Waals surface area contributed by atoms with Gasteiger partial charge in [0, 0.05) is 12.6 Å². The number of hydrogen-bond acceptors (Lipinski definition) is 4. The number of phenolic OH excluding ortho intramolecular Hbond substituents is 1. The Hall–Kier alpha value is -2.86. The van der Waals surface area contributed by atoms with Crippen LogP contribution in [0.2, 0.25) is 0 Å². The van der Waals surface area contributed by atoms with Crippen molar-refractivity contribution in [3.05, 3.63) is 65.7 Å². The van der Waals surface area contributed by atoms with Crippen LogP contribution in [-0.2, 0) is 20.9 Å². The predicted molar refractivity (Wildman–Crippen MR) is 101 cm³/mol. The summed E-state index contributed by atoms with van der Waals surface area (Å²) < 4.78 is 5.66. The molecule has 2 N–H and O–H groups in total. The lowest BCUT2D eigenvalue weighted by Gasteiger charge is -2.42. The number of rotatable bonds is 5.